The van der Waals surface area contributed by atoms with Crippen LogP contribution in [0.2, 0.25) is 0 Å². The molecule has 196 valence electrons. The number of benzene rings is 4. The van der Waals surface area contributed by atoms with Crippen LogP contribution in [-0.4, -0.2) is 38.4 Å². The van der Waals surface area contributed by atoms with Crippen molar-refractivity contribution in [2.45, 2.75) is 9.79 Å². The first-order chi connectivity index (χ1) is 17.8. The number of phenolic OH excluding ortho intramolecular Hbond substituents is 1. The van der Waals surface area contributed by atoms with E-state index in [1.54, 1.807) is 6.07 Å². The van der Waals surface area contributed by atoms with Crippen LogP contribution < -0.4 is 16.0 Å². The average molecular weight is 560 g/mol. The number of phenols is 1. The Morgan fingerprint density at radius 1 is 0.868 bits per heavy atom. The Morgan fingerprint density at radius 2 is 1.55 bits per heavy atom. The van der Waals surface area contributed by atoms with Crippen molar-refractivity contribution in [2.24, 2.45) is 0 Å². The molecule has 0 saturated heterocycles. The Morgan fingerprint density at radius 3 is 2.16 bits per heavy atom. The van der Waals surface area contributed by atoms with Crippen LogP contribution in [0.15, 0.2) is 88.7 Å². The summed E-state index contributed by atoms with van der Waals surface area (Å²) in [4.78, 5) is 22.0. The van der Waals surface area contributed by atoms with Gasteiger partial charge in [-0.05, 0) is 60.0 Å². The number of urea groups is 1. The van der Waals surface area contributed by atoms with Crippen LogP contribution in [0.3, 0.4) is 0 Å². The number of anilines is 3. The Labute approximate surface area is 215 Å². The van der Waals surface area contributed by atoms with E-state index in [1.807, 2.05) is 18.2 Å². The summed E-state index contributed by atoms with van der Waals surface area (Å²) in [5, 5.41) is 17.6. The van der Waals surface area contributed by atoms with Gasteiger partial charge in [-0.2, -0.15) is 16.8 Å². The van der Waals surface area contributed by atoms with Crippen LogP contribution in [0.25, 0.3) is 10.8 Å². The van der Waals surface area contributed by atoms with E-state index in [2.05, 4.69) is 16.0 Å². The summed E-state index contributed by atoms with van der Waals surface area (Å²) in [6.07, 6.45) is 0. The van der Waals surface area contributed by atoms with Crippen LogP contribution in [0.5, 0.6) is 5.75 Å². The molecule has 2 bridgehead atoms. The van der Waals surface area contributed by atoms with Gasteiger partial charge in [-0.1, -0.05) is 24.3 Å². The monoisotopic (exact) mass is 559 g/mol. The lowest BCUT2D eigenvalue weighted by atomic mass is 10.1. The molecule has 0 atom stereocenters. The molecule has 4 aromatic carbocycles. The van der Waals surface area contributed by atoms with Gasteiger partial charge in [-0.3, -0.25) is 9.35 Å². The van der Waals surface area contributed by atoms with Gasteiger partial charge in [0.1, 0.15) is 10.6 Å². The fourth-order valence-corrected chi connectivity index (χ4v) is 4.78. The van der Waals surface area contributed by atoms with Crippen molar-refractivity contribution in [3.8, 4) is 5.75 Å². The Bertz CT molecular complexity index is 1790. The van der Waals surface area contributed by atoms with Crippen molar-refractivity contribution in [2.75, 3.05) is 16.0 Å². The maximum absolute atomic E-state index is 12.9. The number of rotatable bonds is 4. The van der Waals surface area contributed by atoms with Crippen molar-refractivity contribution in [3.63, 3.8) is 0 Å². The lowest BCUT2D eigenvalue weighted by Gasteiger charge is -2.14. The van der Waals surface area contributed by atoms with Gasteiger partial charge in [0, 0.05) is 22.3 Å². The lowest BCUT2D eigenvalue weighted by Crippen LogP contribution is -2.20. The SMILES string of the molecule is O=C(Nc1ccc(S(=O)(=O)F)cc1)Nc1c(O)ccc2cccc(S(=O)(=O)O)c12.O=C1Nc2cccc1c2. The van der Waals surface area contributed by atoms with E-state index < -0.39 is 41.9 Å². The van der Waals surface area contributed by atoms with Gasteiger partial charge in [0.25, 0.3) is 16.0 Å². The maximum atomic E-state index is 12.9. The minimum atomic E-state index is -4.89. The molecule has 0 aliphatic carbocycles. The van der Waals surface area contributed by atoms with Gasteiger partial charge in [-0.25, -0.2) is 4.79 Å². The highest BCUT2D eigenvalue weighted by Crippen LogP contribution is 2.36. The molecule has 38 heavy (non-hydrogen) atoms. The van der Waals surface area contributed by atoms with E-state index in [0.717, 1.165) is 41.6 Å². The number of nitrogens with one attached hydrogen (secondary N) is 3. The summed E-state index contributed by atoms with van der Waals surface area (Å²) in [7, 11) is -9.54. The normalized spacial score (nSPS) is 12.3. The average Bonchev–Trinajstić information content (AvgIpc) is 3.10. The van der Waals surface area contributed by atoms with Crippen LogP contribution in [0, 0.1) is 0 Å². The van der Waals surface area contributed by atoms with E-state index >= 15 is 0 Å². The predicted octanol–water partition coefficient (Wildman–Crippen LogP) is 4.35. The van der Waals surface area contributed by atoms with Crippen molar-refractivity contribution in [1.82, 2.24) is 0 Å². The molecule has 0 aromatic heterocycles. The molecule has 0 saturated carbocycles. The summed E-state index contributed by atoms with van der Waals surface area (Å²) in [6, 6.07) is 17.3. The molecule has 1 aliphatic heterocycles. The van der Waals surface area contributed by atoms with Crippen LogP contribution >= 0.6 is 0 Å². The number of amides is 3. The zero-order valence-electron chi connectivity index (χ0n) is 19.0. The van der Waals surface area contributed by atoms with E-state index in [0.29, 0.717) is 5.39 Å². The third kappa shape index (κ3) is 5.88. The largest absolute Gasteiger partial charge is 0.506 e. The molecule has 1 aliphatic rings. The Balaban J connectivity index is 0.000000311. The number of fused-ring (bicyclic) bond motifs is 3. The Kier molecular flexibility index (Phi) is 7.04. The first-order valence-corrected chi connectivity index (χ1v) is 13.4. The molecule has 5 rings (SSSR count). The van der Waals surface area contributed by atoms with Gasteiger partial charge >= 0.3 is 16.3 Å². The number of aromatic hydroxyl groups is 1. The van der Waals surface area contributed by atoms with Gasteiger partial charge in [0.05, 0.1) is 10.6 Å². The molecule has 0 unspecified atom stereocenters. The third-order valence-corrected chi connectivity index (χ3v) is 7.01. The number of hydrogen-bond acceptors (Lipinski definition) is 7. The molecular weight excluding hydrogens is 541 g/mol. The van der Waals surface area contributed by atoms with Crippen molar-refractivity contribution in [1.29, 1.82) is 0 Å². The molecular formula is C24H18FN3O8S2. The van der Waals surface area contributed by atoms with Crippen LogP contribution in [0.4, 0.5) is 25.7 Å². The maximum Gasteiger partial charge on any atom is 0.332 e. The number of carbonyl (C=O) groups excluding carboxylic acids is 2. The van der Waals surface area contributed by atoms with Crippen molar-refractivity contribution < 1.29 is 40.0 Å². The fourth-order valence-electron chi connectivity index (χ4n) is 3.59. The predicted molar refractivity (Wildman–Crippen MR) is 137 cm³/mol. The van der Waals surface area contributed by atoms with Crippen molar-refractivity contribution in [3.05, 3.63) is 84.4 Å². The Hall–Kier alpha value is -4.53. The van der Waals surface area contributed by atoms with Gasteiger partial charge in [0.15, 0.2) is 0 Å². The van der Waals surface area contributed by atoms with Crippen LogP contribution in [-0.2, 0) is 20.3 Å². The zero-order valence-corrected chi connectivity index (χ0v) is 20.7. The molecule has 14 heteroatoms. The van der Waals surface area contributed by atoms with E-state index in [9.17, 15) is 40.0 Å². The van der Waals surface area contributed by atoms with Crippen molar-refractivity contribution >= 4 is 60.1 Å². The third-order valence-electron chi connectivity index (χ3n) is 5.28. The molecule has 0 radical (unpaired) electrons. The summed E-state index contributed by atoms with van der Waals surface area (Å²) in [5.41, 5.74) is 1.49. The van der Waals surface area contributed by atoms with Gasteiger partial charge in [-0.15, -0.1) is 3.89 Å². The van der Waals surface area contributed by atoms with E-state index in [-0.39, 0.29) is 22.7 Å². The number of carbonyl (C=O) groups is 2. The molecule has 0 fully saturated rings. The first kappa shape index (κ1) is 26.5. The number of hydrogen-bond donors (Lipinski definition) is 5. The molecule has 1 heterocycles. The second-order valence-corrected chi connectivity index (χ2v) is 10.6. The second kappa shape index (κ2) is 10.1. The summed E-state index contributed by atoms with van der Waals surface area (Å²) in [5.74, 6) is -0.447. The molecule has 3 amide bonds. The smallest absolute Gasteiger partial charge is 0.332 e. The molecule has 11 nitrogen and oxygen atoms in total. The molecule has 0 spiro atoms. The summed E-state index contributed by atoms with van der Waals surface area (Å²) < 4.78 is 67.3. The topological polar surface area (TPSA) is 179 Å². The first-order valence-electron chi connectivity index (χ1n) is 10.6. The fraction of sp³-hybridized carbons (Fsp3) is 0. The highest BCUT2D eigenvalue weighted by atomic mass is 32.3. The van der Waals surface area contributed by atoms with Crippen LogP contribution in [0.1, 0.15) is 10.4 Å². The summed E-state index contributed by atoms with van der Waals surface area (Å²) >= 11 is 0. The highest BCUT2D eigenvalue weighted by Gasteiger charge is 2.20. The standard InChI is InChI=1S/C17H13FN2O7S2.C7H5NO/c18-28(23,24)12-7-5-11(6-8-12)19-17(22)20-16-13(21)9-4-10-2-1-3-14(15(10)16)29(25,26)27;9-7-5-2-1-3-6(4-5)8-7/h1-9,21H,(H2,19,20,22)(H,25,26,27);1-4H,(H,8,9). The number of halogens is 1. The lowest BCUT2D eigenvalue weighted by molar-refractivity contribution is 0.103. The minimum Gasteiger partial charge on any atom is -0.506 e. The van der Waals surface area contributed by atoms with Gasteiger partial charge < -0.3 is 21.1 Å². The molecule has 4 aromatic rings. The highest BCUT2D eigenvalue weighted by molar-refractivity contribution is 7.86. The second-order valence-electron chi connectivity index (χ2n) is 7.87. The minimum absolute atomic E-state index is 0.00926. The molecule has 5 N–H and O–H groups in total. The quantitative estimate of drug-likeness (QED) is 0.139. The van der Waals surface area contributed by atoms with E-state index in [4.69, 9.17) is 0 Å². The van der Waals surface area contributed by atoms with E-state index in [1.165, 1.54) is 24.3 Å². The summed E-state index contributed by atoms with van der Waals surface area (Å²) in [6.45, 7) is 0. The zero-order chi connectivity index (χ0) is 27.7. The van der Waals surface area contributed by atoms with Gasteiger partial charge in [0.2, 0.25) is 0 Å².